The third-order valence-corrected chi connectivity index (χ3v) is 4.58. The zero-order valence-electron chi connectivity index (χ0n) is 12.0. The highest BCUT2D eigenvalue weighted by Crippen LogP contribution is 2.32. The van der Waals surface area contributed by atoms with Gasteiger partial charge in [0.1, 0.15) is 0 Å². The van der Waals surface area contributed by atoms with Crippen molar-refractivity contribution in [2.45, 2.75) is 37.9 Å². The van der Waals surface area contributed by atoms with Gasteiger partial charge in [0.2, 0.25) is 0 Å². The first kappa shape index (κ1) is 14.7. The van der Waals surface area contributed by atoms with Crippen molar-refractivity contribution >= 4 is 5.69 Å². The van der Waals surface area contributed by atoms with Gasteiger partial charge in [-0.25, -0.2) is 0 Å². The van der Waals surface area contributed by atoms with E-state index in [2.05, 4.69) is 11.0 Å². The number of nitrogens with zero attached hydrogens (tertiary/aromatic N) is 2. The van der Waals surface area contributed by atoms with Crippen LogP contribution in [0.3, 0.4) is 0 Å². The molecule has 2 fully saturated rings. The molecule has 5 heteroatoms. The summed E-state index contributed by atoms with van der Waals surface area (Å²) in [4.78, 5) is 4.56. The van der Waals surface area contributed by atoms with Gasteiger partial charge in [0.25, 0.3) is 0 Å². The summed E-state index contributed by atoms with van der Waals surface area (Å²) in [6.07, 6.45) is 0.342. The minimum absolute atomic E-state index is 0.574. The van der Waals surface area contributed by atoms with Gasteiger partial charge in [0.15, 0.2) is 0 Å². The van der Waals surface area contributed by atoms with Crippen LogP contribution < -0.4 is 4.90 Å². The summed E-state index contributed by atoms with van der Waals surface area (Å²) in [6.45, 7) is 4.00. The Morgan fingerprint density at radius 3 is 2.33 bits per heavy atom. The van der Waals surface area contributed by atoms with E-state index >= 15 is 0 Å². The van der Waals surface area contributed by atoms with E-state index < -0.39 is 11.7 Å². The number of anilines is 1. The molecule has 1 radical (unpaired) electrons. The first-order chi connectivity index (χ1) is 10.0. The lowest BCUT2D eigenvalue weighted by Gasteiger charge is -2.37. The molecule has 0 bridgehead atoms. The second kappa shape index (κ2) is 5.87. The molecule has 2 saturated heterocycles. The summed E-state index contributed by atoms with van der Waals surface area (Å²) in [7, 11) is 0. The van der Waals surface area contributed by atoms with Crippen LogP contribution in [0.5, 0.6) is 0 Å². The van der Waals surface area contributed by atoms with Crippen LogP contribution in [0.15, 0.2) is 18.2 Å². The van der Waals surface area contributed by atoms with Gasteiger partial charge in [-0.1, -0.05) is 6.07 Å². The Kier molecular flexibility index (Phi) is 4.11. The molecule has 3 rings (SSSR count). The number of benzene rings is 1. The highest BCUT2D eigenvalue weighted by atomic mass is 19.4. The van der Waals surface area contributed by atoms with E-state index in [0.29, 0.717) is 11.7 Å². The predicted octanol–water partition coefficient (Wildman–Crippen LogP) is 3.57. The van der Waals surface area contributed by atoms with E-state index in [-0.39, 0.29) is 0 Å². The molecule has 1 aromatic rings. The van der Waals surface area contributed by atoms with Gasteiger partial charge in [0.05, 0.1) is 5.56 Å². The van der Waals surface area contributed by atoms with Crippen molar-refractivity contribution in [3.8, 4) is 0 Å². The molecular formula is C16H20F3N2. The Morgan fingerprint density at radius 2 is 1.71 bits per heavy atom. The molecule has 0 spiro atoms. The van der Waals surface area contributed by atoms with E-state index in [1.165, 1.54) is 38.1 Å². The second-order valence-electron chi connectivity index (χ2n) is 5.92. The van der Waals surface area contributed by atoms with Crippen molar-refractivity contribution < 1.29 is 13.2 Å². The molecule has 0 unspecified atom stereocenters. The summed E-state index contributed by atoms with van der Waals surface area (Å²) in [6, 6.07) is 7.24. The van der Waals surface area contributed by atoms with Crippen LogP contribution in [0.4, 0.5) is 18.9 Å². The van der Waals surface area contributed by atoms with Crippen LogP contribution in [-0.4, -0.2) is 37.1 Å². The minimum atomic E-state index is -4.28. The quantitative estimate of drug-likeness (QED) is 0.823. The minimum Gasteiger partial charge on any atom is -0.371 e. The Bertz CT molecular complexity index is 473. The number of likely N-dealkylation sites (tertiary alicyclic amines) is 1. The topological polar surface area (TPSA) is 6.48 Å². The Hall–Kier alpha value is -1.23. The van der Waals surface area contributed by atoms with Crippen LogP contribution in [-0.2, 0) is 6.18 Å². The fourth-order valence-corrected chi connectivity index (χ4v) is 3.39. The zero-order chi connectivity index (χ0) is 14.9. The highest BCUT2D eigenvalue weighted by Gasteiger charge is 2.32. The van der Waals surface area contributed by atoms with Gasteiger partial charge in [-0.15, -0.1) is 0 Å². The second-order valence-corrected chi connectivity index (χ2v) is 5.92. The maximum atomic E-state index is 12.8. The van der Waals surface area contributed by atoms with Crippen molar-refractivity contribution in [2.24, 2.45) is 0 Å². The molecule has 0 saturated carbocycles. The summed E-state index contributed by atoms with van der Waals surface area (Å²) >= 11 is 0. The van der Waals surface area contributed by atoms with Crippen molar-refractivity contribution in [1.82, 2.24) is 4.90 Å². The fraction of sp³-hybridized carbons (Fsp3) is 0.625. The van der Waals surface area contributed by atoms with Crippen molar-refractivity contribution in [3.05, 3.63) is 29.8 Å². The predicted molar refractivity (Wildman–Crippen MR) is 76.3 cm³/mol. The van der Waals surface area contributed by atoms with Gasteiger partial charge >= 0.3 is 6.18 Å². The summed E-state index contributed by atoms with van der Waals surface area (Å²) in [5.41, 5.74) is -0.0115. The van der Waals surface area contributed by atoms with Crippen LogP contribution in [0.1, 0.15) is 31.2 Å². The van der Waals surface area contributed by atoms with Gasteiger partial charge in [0, 0.05) is 30.9 Å². The summed E-state index contributed by atoms with van der Waals surface area (Å²) in [5.74, 6) is 0. The average Bonchev–Trinajstić information content (AvgIpc) is 3.01. The number of rotatable bonds is 2. The Morgan fingerprint density at radius 1 is 1.05 bits per heavy atom. The SMILES string of the molecule is FC(F)(F)c1cc[c]c(N2CCC(N3CCCC3)CC2)c1. The molecule has 0 aliphatic carbocycles. The van der Waals surface area contributed by atoms with E-state index in [4.69, 9.17) is 0 Å². The number of hydrogen-bond acceptors (Lipinski definition) is 2. The first-order valence-electron chi connectivity index (χ1n) is 7.62. The average molecular weight is 297 g/mol. The molecule has 2 nitrogen and oxygen atoms in total. The van der Waals surface area contributed by atoms with E-state index in [0.717, 1.165) is 32.0 Å². The molecule has 115 valence electrons. The van der Waals surface area contributed by atoms with Gasteiger partial charge in [-0.2, -0.15) is 13.2 Å². The van der Waals surface area contributed by atoms with E-state index in [9.17, 15) is 13.2 Å². The lowest BCUT2D eigenvalue weighted by molar-refractivity contribution is -0.137. The van der Waals surface area contributed by atoms with Crippen LogP contribution in [0.25, 0.3) is 0 Å². The molecule has 0 aromatic heterocycles. The number of piperidine rings is 1. The summed E-state index contributed by atoms with van der Waals surface area (Å²) in [5, 5.41) is 0. The lowest BCUT2D eigenvalue weighted by atomic mass is 10.0. The monoisotopic (exact) mass is 297 g/mol. The normalized spacial score (nSPS) is 22.0. The van der Waals surface area contributed by atoms with Gasteiger partial charge < -0.3 is 9.80 Å². The molecular weight excluding hydrogens is 277 g/mol. The van der Waals surface area contributed by atoms with Crippen molar-refractivity contribution in [2.75, 3.05) is 31.1 Å². The summed E-state index contributed by atoms with van der Waals surface area (Å²) < 4.78 is 38.3. The molecule has 2 aliphatic heterocycles. The lowest BCUT2D eigenvalue weighted by Crippen LogP contribution is -2.43. The van der Waals surface area contributed by atoms with Gasteiger partial charge in [-0.05, 0) is 50.9 Å². The smallest absolute Gasteiger partial charge is 0.371 e. The molecule has 2 aliphatic rings. The van der Waals surface area contributed by atoms with Crippen LogP contribution in [0, 0.1) is 6.07 Å². The Labute approximate surface area is 123 Å². The van der Waals surface area contributed by atoms with Crippen LogP contribution >= 0.6 is 0 Å². The zero-order valence-corrected chi connectivity index (χ0v) is 12.0. The van der Waals surface area contributed by atoms with Gasteiger partial charge in [-0.3, -0.25) is 0 Å². The Balaban J connectivity index is 1.64. The number of halogens is 3. The molecule has 2 heterocycles. The maximum absolute atomic E-state index is 12.8. The van der Waals surface area contributed by atoms with E-state index in [1.807, 2.05) is 4.90 Å². The standard InChI is InChI=1S/C16H20F3N2/c17-16(18,19)13-4-3-5-15(12-13)21-10-6-14(7-11-21)20-8-1-2-9-20/h3-4,12,14H,1-2,6-11H2. The number of hydrogen-bond donors (Lipinski definition) is 0. The third-order valence-electron chi connectivity index (χ3n) is 4.58. The van der Waals surface area contributed by atoms with Crippen LogP contribution in [0.2, 0.25) is 0 Å². The number of alkyl halides is 3. The first-order valence-corrected chi connectivity index (χ1v) is 7.62. The highest BCUT2D eigenvalue weighted by molar-refractivity contribution is 5.48. The largest absolute Gasteiger partial charge is 0.416 e. The fourth-order valence-electron chi connectivity index (χ4n) is 3.39. The van der Waals surface area contributed by atoms with E-state index in [1.54, 1.807) is 0 Å². The maximum Gasteiger partial charge on any atom is 0.416 e. The molecule has 0 atom stereocenters. The third kappa shape index (κ3) is 3.34. The molecule has 21 heavy (non-hydrogen) atoms. The molecule has 0 N–H and O–H groups in total. The van der Waals surface area contributed by atoms with Crippen molar-refractivity contribution in [1.29, 1.82) is 0 Å². The molecule has 1 aromatic carbocycles. The molecule has 0 amide bonds. The van der Waals surface area contributed by atoms with Crippen molar-refractivity contribution in [3.63, 3.8) is 0 Å².